The molecule has 0 spiro atoms. The van der Waals surface area contributed by atoms with E-state index < -0.39 is 0 Å². The van der Waals surface area contributed by atoms with Crippen LogP contribution in [0, 0.1) is 10.1 Å². The molecule has 4 nitrogen and oxygen atoms in total. The number of hydrogen-bond acceptors (Lipinski definition) is 3. The lowest BCUT2D eigenvalue weighted by Crippen LogP contribution is -2.01. The standard InChI is InChI=1S/C16H16BrNO3/c1-2-21-16-6-4-3-5-14(16)15(17)11-12-7-9-13(10-8-12)18(19)20/h3-10,15H,2,11H2,1H3. The zero-order valence-electron chi connectivity index (χ0n) is 11.7. The molecule has 21 heavy (non-hydrogen) atoms. The van der Waals surface area contributed by atoms with Gasteiger partial charge in [-0.25, -0.2) is 0 Å². The highest BCUT2D eigenvalue weighted by Gasteiger charge is 2.14. The molecule has 2 aromatic carbocycles. The normalized spacial score (nSPS) is 11.9. The molecule has 0 saturated heterocycles. The number of nitro benzene ring substituents is 1. The second-order valence-corrected chi connectivity index (χ2v) is 5.67. The number of hydrogen-bond donors (Lipinski definition) is 0. The molecular formula is C16H16BrNO3. The SMILES string of the molecule is CCOc1ccccc1C(Br)Cc1ccc([N+](=O)[O-])cc1. The number of nitrogens with zero attached hydrogens (tertiary/aromatic N) is 1. The van der Waals surface area contributed by atoms with Crippen LogP contribution in [0.5, 0.6) is 5.75 Å². The first kappa shape index (κ1) is 15.5. The average molecular weight is 350 g/mol. The molecule has 1 atom stereocenters. The fourth-order valence-corrected chi connectivity index (χ4v) is 2.85. The number of ether oxygens (including phenoxy) is 1. The molecule has 0 fully saturated rings. The van der Waals surface area contributed by atoms with E-state index in [4.69, 9.17) is 4.74 Å². The Morgan fingerprint density at radius 1 is 1.19 bits per heavy atom. The van der Waals surface area contributed by atoms with Gasteiger partial charge in [-0.1, -0.05) is 46.3 Å². The van der Waals surface area contributed by atoms with E-state index in [1.54, 1.807) is 12.1 Å². The highest BCUT2D eigenvalue weighted by molar-refractivity contribution is 9.09. The first-order valence-electron chi connectivity index (χ1n) is 6.71. The number of para-hydroxylation sites is 1. The number of nitro groups is 1. The summed E-state index contributed by atoms with van der Waals surface area (Å²) in [5.74, 6) is 0.865. The molecule has 0 amide bonds. The molecule has 2 rings (SSSR count). The van der Waals surface area contributed by atoms with Crippen molar-refractivity contribution in [2.24, 2.45) is 0 Å². The first-order chi connectivity index (χ1) is 10.1. The average Bonchev–Trinajstić information content (AvgIpc) is 2.48. The van der Waals surface area contributed by atoms with Crippen LogP contribution < -0.4 is 4.74 Å². The van der Waals surface area contributed by atoms with Crippen molar-refractivity contribution < 1.29 is 9.66 Å². The van der Waals surface area contributed by atoms with Crippen molar-refractivity contribution in [3.05, 3.63) is 69.8 Å². The molecule has 0 heterocycles. The van der Waals surface area contributed by atoms with Gasteiger partial charge in [-0.05, 0) is 25.0 Å². The van der Waals surface area contributed by atoms with Crippen molar-refractivity contribution in [3.8, 4) is 5.75 Å². The Balaban J connectivity index is 2.14. The van der Waals surface area contributed by atoms with Crippen molar-refractivity contribution in [1.82, 2.24) is 0 Å². The summed E-state index contributed by atoms with van der Waals surface area (Å²) in [6.07, 6.45) is 0.738. The molecule has 0 radical (unpaired) electrons. The number of halogens is 1. The van der Waals surface area contributed by atoms with Gasteiger partial charge in [0.25, 0.3) is 5.69 Å². The van der Waals surface area contributed by atoms with Crippen molar-refractivity contribution >= 4 is 21.6 Å². The molecule has 0 aliphatic heterocycles. The molecule has 0 N–H and O–H groups in total. The van der Waals surface area contributed by atoms with Crippen LogP contribution >= 0.6 is 15.9 Å². The van der Waals surface area contributed by atoms with E-state index >= 15 is 0 Å². The lowest BCUT2D eigenvalue weighted by atomic mass is 10.0. The van der Waals surface area contributed by atoms with Crippen LogP contribution in [0.4, 0.5) is 5.69 Å². The third kappa shape index (κ3) is 4.04. The minimum Gasteiger partial charge on any atom is -0.494 e. The van der Waals surface area contributed by atoms with Crippen molar-refractivity contribution in [1.29, 1.82) is 0 Å². The second-order valence-electron chi connectivity index (χ2n) is 4.57. The largest absolute Gasteiger partial charge is 0.494 e. The van der Waals surface area contributed by atoms with E-state index in [0.29, 0.717) is 6.61 Å². The molecule has 0 aliphatic rings. The van der Waals surface area contributed by atoms with Gasteiger partial charge in [-0.3, -0.25) is 10.1 Å². The van der Waals surface area contributed by atoms with Crippen LogP contribution in [-0.2, 0) is 6.42 Å². The minimum absolute atomic E-state index is 0.0988. The molecular weight excluding hydrogens is 334 g/mol. The van der Waals surface area contributed by atoms with Gasteiger partial charge in [0.2, 0.25) is 0 Å². The third-order valence-electron chi connectivity index (χ3n) is 3.12. The van der Waals surface area contributed by atoms with Crippen LogP contribution in [-0.4, -0.2) is 11.5 Å². The summed E-state index contributed by atoms with van der Waals surface area (Å²) >= 11 is 3.68. The third-order valence-corrected chi connectivity index (χ3v) is 3.94. The fourth-order valence-electron chi connectivity index (χ4n) is 2.10. The van der Waals surface area contributed by atoms with E-state index in [1.807, 2.05) is 31.2 Å². The van der Waals surface area contributed by atoms with Gasteiger partial charge in [-0.15, -0.1) is 0 Å². The smallest absolute Gasteiger partial charge is 0.269 e. The fraction of sp³-hybridized carbons (Fsp3) is 0.250. The van der Waals surface area contributed by atoms with E-state index in [1.165, 1.54) is 12.1 Å². The quantitative estimate of drug-likeness (QED) is 0.432. The summed E-state index contributed by atoms with van der Waals surface area (Å²) in [5.41, 5.74) is 2.23. The summed E-state index contributed by atoms with van der Waals surface area (Å²) in [4.78, 5) is 10.4. The molecule has 2 aromatic rings. The van der Waals surface area contributed by atoms with Crippen molar-refractivity contribution in [2.45, 2.75) is 18.2 Å². The number of rotatable bonds is 6. The van der Waals surface area contributed by atoms with Gasteiger partial charge in [0.15, 0.2) is 0 Å². The van der Waals surface area contributed by atoms with E-state index in [9.17, 15) is 10.1 Å². The monoisotopic (exact) mass is 349 g/mol. The molecule has 0 saturated carbocycles. The summed E-state index contributed by atoms with van der Waals surface area (Å²) in [6, 6.07) is 14.5. The lowest BCUT2D eigenvalue weighted by molar-refractivity contribution is -0.384. The Morgan fingerprint density at radius 2 is 1.86 bits per heavy atom. The molecule has 0 aromatic heterocycles. The number of non-ortho nitro benzene ring substituents is 1. The van der Waals surface area contributed by atoms with Crippen LogP contribution in [0.2, 0.25) is 0 Å². The number of benzene rings is 2. The highest BCUT2D eigenvalue weighted by Crippen LogP contribution is 2.34. The zero-order chi connectivity index (χ0) is 15.2. The van der Waals surface area contributed by atoms with Crippen LogP contribution in [0.15, 0.2) is 48.5 Å². The van der Waals surface area contributed by atoms with Crippen molar-refractivity contribution in [3.63, 3.8) is 0 Å². The summed E-state index contributed by atoms with van der Waals surface area (Å²) < 4.78 is 5.63. The van der Waals surface area contributed by atoms with Gasteiger partial charge >= 0.3 is 0 Å². The molecule has 5 heteroatoms. The molecule has 0 aliphatic carbocycles. The molecule has 1 unspecified atom stereocenters. The summed E-state index contributed by atoms with van der Waals surface area (Å²) in [5, 5.41) is 10.7. The topological polar surface area (TPSA) is 52.4 Å². The first-order valence-corrected chi connectivity index (χ1v) is 7.62. The Morgan fingerprint density at radius 3 is 2.48 bits per heavy atom. The van der Waals surface area contributed by atoms with Gasteiger partial charge in [0.1, 0.15) is 5.75 Å². The Labute approximate surface area is 132 Å². The Hall–Kier alpha value is -1.88. The van der Waals surface area contributed by atoms with Crippen LogP contribution in [0.3, 0.4) is 0 Å². The lowest BCUT2D eigenvalue weighted by Gasteiger charge is -2.15. The predicted octanol–water partition coefficient (Wildman–Crippen LogP) is 4.67. The van der Waals surface area contributed by atoms with Crippen molar-refractivity contribution in [2.75, 3.05) is 6.61 Å². The number of alkyl halides is 1. The summed E-state index contributed by atoms with van der Waals surface area (Å²) in [6.45, 7) is 2.57. The minimum atomic E-state index is -0.389. The molecule has 0 bridgehead atoms. The molecule has 110 valence electrons. The summed E-state index contributed by atoms with van der Waals surface area (Å²) in [7, 11) is 0. The maximum atomic E-state index is 10.7. The maximum absolute atomic E-state index is 10.7. The van der Waals surface area contributed by atoms with Gasteiger partial charge in [0, 0.05) is 22.5 Å². The van der Waals surface area contributed by atoms with Crippen LogP contribution in [0.1, 0.15) is 22.9 Å². The zero-order valence-corrected chi connectivity index (χ0v) is 13.2. The second kappa shape index (κ2) is 7.22. The van der Waals surface area contributed by atoms with Crippen LogP contribution in [0.25, 0.3) is 0 Å². The highest BCUT2D eigenvalue weighted by atomic mass is 79.9. The van der Waals surface area contributed by atoms with Gasteiger partial charge in [-0.2, -0.15) is 0 Å². The predicted molar refractivity (Wildman–Crippen MR) is 86.1 cm³/mol. The van der Waals surface area contributed by atoms with Gasteiger partial charge < -0.3 is 4.74 Å². The Kier molecular flexibility index (Phi) is 5.33. The Bertz CT molecular complexity index is 613. The van der Waals surface area contributed by atoms with Gasteiger partial charge in [0.05, 0.1) is 11.5 Å². The maximum Gasteiger partial charge on any atom is 0.269 e. The van der Waals surface area contributed by atoms with E-state index in [-0.39, 0.29) is 15.4 Å². The van der Waals surface area contributed by atoms with E-state index in [0.717, 1.165) is 23.3 Å². The van der Waals surface area contributed by atoms with E-state index in [2.05, 4.69) is 15.9 Å².